The van der Waals surface area contributed by atoms with Crippen LogP contribution in [-0.2, 0) is 4.74 Å². The van der Waals surface area contributed by atoms with E-state index in [0.29, 0.717) is 6.54 Å². The van der Waals surface area contributed by atoms with Crippen LogP contribution in [0.1, 0.15) is 26.3 Å². The van der Waals surface area contributed by atoms with E-state index in [-0.39, 0.29) is 17.7 Å². The molecule has 1 N–H and O–H groups in total. The fourth-order valence-corrected chi connectivity index (χ4v) is 2.86. The summed E-state index contributed by atoms with van der Waals surface area (Å²) in [7, 11) is 1.66. The highest BCUT2D eigenvalue weighted by Gasteiger charge is 2.29. The molecule has 0 saturated carbocycles. The summed E-state index contributed by atoms with van der Waals surface area (Å²) in [4.78, 5) is 16.7. The molecule has 2 rings (SSSR count). The third-order valence-electron chi connectivity index (χ3n) is 4.56. The number of carbonyl (C=O) groups is 1. The molecule has 5 nitrogen and oxygen atoms in total. The van der Waals surface area contributed by atoms with Gasteiger partial charge in [-0.05, 0) is 39.3 Å². The van der Waals surface area contributed by atoms with Gasteiger partial charge in [0.15, 0.2) is 0 Å². The molecule has 0 aromatic heterocycles. The third kappa shape index (κ3) is 4.38. The summed E-state index contributed by atoms with van der Waals surface area (Å²) in [6.07, 6.45) is 0. The fourth-order valence-electron chi connectivity index (χ4n) is 2.86. The zero-order chi connectivity index (χ0) is 17.0. The van der Waals surface area contributed by atoms with Crippen molar-refractivity contribution in [2.24, 2.45) is 0 Å². The summed E-state index contributed by atoms with van der Waals surface area (Å²) in [6.45, 7) is 11.1. The molecule has 1 atom stereocenters. The topological polar surface area (TPSA) is 44.8 Å². The number of benzene rings is 1. The second-order valence-corrected chi connectivity index (χ2v) is 6.90. The summed E-state index contributed by atoms with van der Waals surface area (Å²) in [5.41, 5.74) is 2.20. The monoisotopic (exact) mass is 319 g/mol. The van der Waals surface area contributed by atoms with Gasteiger partial charge in [-0.1, -0.05) is 18.2 Å². The number of urea groups is 1. The van der Waals surface area contributed by atoms with Crippen LogP contribution in [0.25, 0.3) is 0 Å². The molecule has 0 radical (unpaired) electrons. The summed E-state index contributed by atoms with van der Waals surface area (Å²) >= 11 is 0. The highest BCUT2D eigenvalue weighted by molar-refractivity contribution is 5.75. The van der Waals surface area contributed by atoms with Gasteiger partial charge < -0.3 is 19.9 Å². The lowest BCUT2D eigenvalue weighted by molar-refractivity contribution is 0.0238. The number of para-hydroxylation sites is 1. The van der Waals surface area contributed by atoms with E-state index in [1.807, 2.05) is 18.7 Å². The summed E-state index contributed by atoms with van der Waals surface area (Å²) in [6, 6.07) is 8.58. The van der Waals surface area contributed by atoms with E-state index in [1.165, 1.54) is 11.3 Å². The van der Waals surface area contributed by atoms with Crippen LogP contribution in [0.3, 0.4) is 0 Å². The van der Waals surface area contributed by atoms with Crippen molar-refractivity contribution in [3.05, 3.63) is 29.8 Å². The first-order chi connectivity index (χ1) is 10.8. The van der Waals surface area contributed by atoms with Crippen molar-refractivity contribution in [1.29, 1.82) is 0 Å². The fraction of sp³-hybridized carbons (Fsp3) is 0.611. The molecule has 0 spiro atoms. The first-order valence-corrected chi connectivity index (χ1v) is 8.24. The number of methoxy groups -OCH3 is 1. The van der Waals surface area contributed by atoms with Crippen molar-refractivity contribution in [3.63, 3.8) is 0 Å². The van der Waals surface area contributed by atoms with Crippen LogP contribution in [-0.4, -0.2) is 55.9 Å². The van der Waals surface area contributed by atoms with Gasteiger partial charge in [0.25, 0.3) is 0 Å². The number of nitrogens with one attached hydrogen (secondary N) is 1. The van der Waals surface area contributed by atoms with Crippen LogP contribution in [0, 0.1) is 6.92 Å². The average Bonchev–Trinajstić information content (AvgIpc) is 2.53. The molecule has 1 heterocycles. The Hall–Kier alpha value is -1.75. The minimum Gasteiger partial charge on any atom is -0.377 e. The van der Waals surface area contributed by atoms with Gasteiger partial charge in [-0.15, -0.1) is 0 Å². The van der Waals surface area contributed by atoms with Gasteiger partial charge in [-0.3, -0.25) is 0 Å². The Bertz CT molecular complexity index is 545. The molecule has 1 saturated heterocycles. The Morgan fingerprint density at radius 3 is 2.65 bits per heavy atom. The predicted molar refractivity (Wildman–Crippen MR) is 94.0 cm³/mol. The van der Waals surface area contributed by atoms with Crippen molar-refractivity contribution in [2.45, 2.75) is 39.3 Å². The molecule has 1 fully saturated rings. The SMILES string of the molecule is COC(C)(C)CNC(=O)N1CCN(c2ccccc2C)C[C@@H]1C. The second-order valence-electron chi connectivity index (χ2n) is 6.90. The molecule has 1 aromatic carbocycles. The molecular formula is C18H29N3O2. The maximum Gasteiger partial charge on any atom is 0.317 e. The molecule has 1 aromatic rings. The maximum absolute atomic E-state index is 12.4. The van der Waals surface area contributed by atoms with Crippen LogP contribution in [0.2, 0.25) is 0 Å². The zero-order valence-electron chi connectivity index (χ0n) is 14.9. The Balaban J connectivity index is 1.94. The highest BCUT2D eigenvalue weighted by atomic mass is 16.5. The van der Waals surface area contributed by atoms with Crippen LogP contribution in [0.4, 0.5) is 10.5 Å². The van der Waals surface area contributed by atoms with Gasteiger partial charge in [0.2, 0.25) is 0 Å². The minimum absolute atomic E-state index is 0.00735. The van der Waals surface area contributed by atoms with Gasteiger partial charge in [-0.25, -0.2) is 4.79 Å². The standard InChI is InChI=1S/C18H29N3O2/c1-14-8-6-7-9-16(14)20-10-11-21(15(2)12-20)17(22)19-13-18(3,4)23-5/h6-9,15H,10-13H2,1-5H3,(H,19,22)/t15-/m0/s1. The number of aryl methyl sites for hydroxylation is 1. The zero-order valence-corrected chi connectivity index (χ0v) is 14.9. The first-order valence-electron chi connectivity index (χ1n) is 8.24. The van der Waals surface area contributed by atoms with Gasteiger partial charge in [0.1, 0.15) is 0 Å². The number of hydrogen-bond donors (Lipinski definition) is 1. The second kappa shape index (κ2) is 7.21. The lowest BCUT2D eigenvalue weighted by Crippen LogP contribution is -2.57. The van der Waals surface area contributed by atoms with Gasteiger partial charge in [-0.2, -0.15) is 0 Å². The number of hydrogen-bond acceptors (Lipinski definition) is 3. The maximum atomic E-state index is 12.4. The quantitative estimate of drug-likeness (QED) is 0.928. The van der Waals surface area contributed by atoms with Gasteiger partial charge in [0, 0.05) is 45.0 Å². The third-order valence-corrected chi connectivity index (χ3v) is 4.56. The van der Waals surface area contributed by atoms with E-state index >= 15 is 0 Å². The summed E-state index contributed by atoms with van der Waals surface area (Å²) in [5.74, 6) is 0. The van der Waals surface area contributed by atoms with Crippen molar-refractivity contribution < 1.29 is 9.53 Å². The Kier molecular flexibility index (Phi) is 5.52. The van der Waals surface area contributed by atoms with Gasteiger partial charge in [0.05, 0.1) is 5.60 Å². The van der Waals surface area contributed by atoms with Crippen LogP contribution in [0.5, 0.6) is 0 Å². The Labute approximate surface area is 139 Å². The lowest BCUT2D eigenvalue weighted by Gasteiger charge is -2.41. The Morgan fingerprint density at radius 2 is 2.04 bits per heavy atom. The molecule has 5 heteroatoms. The van der Waals surface area contributed by atoms with Crippen molar-refractivity contribution in [3.8, 4) is 0 Å². The van der Waals surface area contributed by atoms with E-state index in [2.05, 4.69) is 48.3 Å². The number of nitrogens with zero attached hydrogens (tertiary/aromatic N) is 2. The number of ether oxygens (including phenoxy) is 1. The van der Waals surface area contributed by atoms with E-state index in [1.54, 1.807) is 7.11 Å². The number of piperazine rings is 1. The molecule has 128 valence electrons. The van der Waals surface area contributed by atoms with E-state index in [4.69, 9.17) is 4.74 Å². The van der Waals surface area contributed by atoms with E-state index in [9.17, 15) is 4.79 Å². The molecule has 1 aliphatic heterocycles. The molecule has 23 heavy (non-hydrogen) atoms. The molecule has 0 bridgehead atoms. The van der Waals surface area contributed by atoms with Crippen LogP contribution >= 0.6 is 0 Å². The molecule has 2 amide bonds. The summed E-state index contributed by atoms with van der Waals surface area (Å²) < 4.78 is 5.35. The number of rotatable bonds is 4. The smallest absolute Gasteiger partial charge is 0.317 e. The first kappa shape index (κ1) is 17.6. The van der Waals surface area contributed by atoms with Crippen molar-refractivity contribution in [2.75, 3.05) is 38.2 Å². The largest absolute Gasteiger partial charge is 0.377 e. The van der Waals surface area contributed by atoms with Crippen molar-refractivity contribution >= 4 is 11.7 Å². The predicted octanol–water partition coefficient (Wildman–Crippen LogP) is 2.64. The molecule has 0 unspecified atom stereocenters. The normalized spacial score (nSPS) is 18.9. The molecule has 1 aliphatic rings. The average molecular weight is 319 g/mol. The summed E-state index contributed by atoms with van der Waals surface area (Å²) in [5, 5.41) is 2.98. The highest BCUT2D eigenvalue weighted by Crippen LogP contribution is 2.22. The number of amides is 2. The van der Waals surface area contributed by atoms with E-state index < -0.39 is 0 Å². The van der Waals surface area contributed by atoms with Crippen molar-refractivity contribution in [1.82, 2.24) is 10.2 Å². The number of anilines is 1. The van der Waals surface area contributed by atoms with Crippen LogP contribution in [0.15, 0.2) is 24.3 Å². The van der Waals surface area contributed by atoms with E-state index in [0.717, 1.165) is 19.6 Å². The minimum atomic E-state index is -0.345. The van der Waals surface area contributed by atoms with Crippen LogP contribution < -0.4 is 10.2 Å². The molecular weight excluding hydrogens is 290 g/mol. The lowest BCUT2D eigenvalue weighted by atomic mass is 10.1. The Morgan fingerprint density at radius 1 is 1.35 bits per heavy atom. The molecule has 0 aliphatic carbocycles. The van der Waals surface area contributed by atoms with Gasteiger partial charge >= 0.3 is 6.03 Å². The number of carbonyl (C=O) groups excluding carboxylic acids is 1.